The van der Waals surface area contributed by atoms with E-state index in [1.807, 2.05) is 0 Å². The predicted octanol–water partition coefficient (Wildman–Crippen LogP) is -0.377. The van der Waals surface area contributed by atoms with Gasteiger partial charge in [-0.25, -0.2) is 4.98 Å². The monoisotopic (exact) mass is 452 g/mol. The number of carbonyl (C=O) groups is 3. The van der Waals surface area contributed by atoms with Crippen molar-refractivity contribution in [3.8, 4) is 0 Å². The van der Waals surface area contributed by atoms with Crippen molar-refractivity contribution in [2.45, 2.75) is 44.3 Å². The van der Waals surface area contributed by atoms with Gasteiger partial charge in [0.25, 0.3) is 0 Å². The first-order chi connectivity index (χ1) is 14.2. The number of rotatable bonds is 4. The third-order valence-electron chi connectivity index (χ3n) is 5.61. The number of hydrogen-bond donors (Lipinski definition) is 3. The van der Waals surface area contributed by atoms with Gasteiger partial charge in [0, 0.05) is 56.5 Å². The minimum absolute atomic E-state index is 0.0418. The summed E-state index contributed by atoms with van der Waals surface area (Å²) < 4.78 is 0. The molecule has 9 nitrogen and oxygen atoms in total. The Morgan fingerprint density at radius 2 is 1.97 bits per heavy atom. The van der Waals surface area contributed by atoms with Crippen LogP contribution in [0.1, 0.15) is 34.8 Å². The van der Waals surface area contributed by atoms with Gasteiger partial charge < -0.3 is 26.2 Å². The van der Waals surface area contributed by atoms with Crippen molar-refractivity contribution >= 4 is 46.3 Å². The molecule has 1 aromatic heterocycles. The second-order valence-electron chi connectivity index (χ2n) is 8.14. The quantitative estimate of drug-likeness (QED) is 0.421. The van der Waals surface area contributed by atoms with Crippen LogP contribution in [0, 0.1) is 5.92 Å². The van der Waals surface area contributed by atoms with Gasteiger partial charge in [-0.15, -0.1) is 11.3 Å². The third-order valence-corrected chi connectivity index (χ3v) is 7.15. The molecule has 1 saturated carbocycles. The maximum Gasteiger partial charge on any atom is 0.309 e. The third kappa shape index (κ3) is 5.13. The van der Waals surface area contributed by atoms with Crippen molar-refractivity contribution in [3.05, 3.63) is 15.6 Å². The first-order valence-electron chi connectivity index (χ1n) is 9.95. The fourth-order valence-corrected chi connectivity index (χ4v) is 5.40. The van der Waals surface area contributed by atoms with Crippen LogP contribution >= 0.6 is 23.6 Å². The van der Waals surface area contributed by atoms with Gasteiger partial charge in [-0.05, 0) is 26.3 Å². The van der Waals surface area contributed by atoms with E-state index in [0.29, 0.717) is 24.3 Å². The van der Waals surface area contributed by atoms with Crippen LogP contribution in [0.4, 0.5) is 0 Å². The van der Waals surface area contributed by atoms with E-state index in [4.69, 9.17) is 22.9 Å². The van der Waals surface area contributed by atoms with Crippen molar-refractivity contribution in [3.63, 3.8) is 0 Å². The van der Waals surface area contributed by atoms with Crippen molar-refractivity contribution in [1.29, 1.82) is 0 Å². The SMILES string of the molecule is CN1CCc2nc(C(=S)N[C@@H]3C[C@@H](C(=O)N(C)C)CC[C@@H]3NC(=O)C(N)=O)sc2C1. The molecule has 1 aromatic rings. The van der Waals surface area contributed by atoms with E-state index >= 15 is 0 Å². The topological polar surface area (TPSA) is 121 Å². The number of carbonyl (C=O) groups excluding carboxylic acids is 3. The number of nitrogens with zero attached hydrogens (tertiary/aromatic N) is 3. The van der Waals surface area contributed by atoms with E-state index in [2.05, 4.69) is 22.6 Å². The Balaban J connectivity index is 1.75. The summed E-state index contributed by atoms with van der Waals surface area (Å²) in [5.74, 6) is -2.00. The molecule has 0 unspecified atom stereocenters. The highest BCUT2D eigenvalue weighted by Crippen LogP contribution is 2.28. The average Bonchev–Trinajstić information content (AvgIpc) is 3.11. The number of hydrogen-bond acceptors (Lipinski definition) is 7. The van der Waals surface area contributed by atoms with Crippen molar-refractivity contribution < 1.29 is 14.4 Å². The molecule has 0 saturated heterocycles. The van der Waals surface area contributed by atoms with Gasteiger partial charge in [0.05, 0.1) is 5.69 Å². The minimum atomic E-state index is -1.03. The second kappa shape index (κ2) is 9.36. The van der Waals surface area contributed by atoms with Crippen LogP contribution in [0.5, 0.6) is 0 Å². The number of nitrogens with one attached hydrogen (secondary N) is 2. The molecule has 0 bridgehead atoms. The Kier molecular flexibility index (Phi) is 7.04. The summed E-state index contributed by atoms with van der Waals surface area (Å²) in [4.78, 5) is 45.8. The number of thiocarbonyl (C=S) groups is 1. The van der Waals surface area contributed by atoms with Gasteiger partial charge in [0.1, 0.15) is 4.99 Å². The molecule has 1 aliphatic heterocycles. The van der Waals surface area contributed by atoms with Gasteiger partial charge in [-0.3, -0.25) is 14.4 Å². The summed E-state index contributed by atoms with van der Waals surface area (Å²) >= 11 is 7.19. The smallest absolute Gasteiger partial charge is 0.309 e. The van der Waals surface area contributed by atoms with Crippen molar-refractivity contribution in [2.24, 2.45) is 11.7 Å². The Hall–Kier alpha value is -2.11. The average molecular weight is 453 g/mol. The van der Waals surface area contributed by atoms with Gasteiger partial charge >= 0.3 is 11.8 Å². The van der Waals surface area contributed by atoms with Gasteiger partial charge in [-0.1, -0.05) is 12.2 Å². The first-order valence-corrected chi connectivity index (χ1v) is 11.2. The normalized spacial score (nSPS) is 23.9. The highest BCUT2D eigenvalue weighted by atomic mass is 32.1. The molecule has 11 heteroatoms. The number of likely N-dealkylation sites (N-methyl/N-ethyl adjacent to an activating group) is 1. The zero-order chi connectivity index (χ0) is 22.0. The molecule has 0 radical (unpaired) electrons. The molecule has 0 aromatic carbocycles. The molecule has 3 atom stereocenters. The summed E-state index contributed by atoms with van der Waals surface area (Å²) in [6.45, 7) is 1.82. The summed E-state index contributed by atoms with van der Waals surface area (Å²) in [6.07, 6.45) is 2.55. The molecule has 1 fully saturated rings. The standard InChI is InChI=1S/C19H28N6O3S2/c1-24(2)19(28)10-4-5-11(21-16(27)15(20)26)13(8-10)22-17(29)18-23-12-6-7-25(3)9-14(12)30-18/h10-11,13H,4-9H2,1-3H3,(H2,20,26)(H,21,27)(H,22,29)/t10-,11-,13+/m0/s1. The summed E-state index contributed by atoms with van der Waals surface area (Å²) in [7, 11) is 5.54. The fraction of sp³-hybridized carbons (Fsp3) is 0.632. The van der Waals surface area contributed by atoms with E-state index in [1.165, 1.54) is 4.88 Å². The number of amides is 3. The molecule has 2 heterocycles. The van der Waals surface area contributed by atoms with Crippen molar-refractivity contribution in [2.75, 3.05) is 27.7 Å². The molecule has 2 aliphatic rings. The molecule has 0 spiro atoms. The summed E-state index contributed by atoms with van der Waals surface area (Å²) in [5.41, 5.74) is 6.19. The molecular weight excluding hydrogens is 424 g/mol. The van der Waals surface area contributed by atoms with Gasteiger partial charge in [0.2, 0.25) is 5.91 Å². The summed E-state index contributed by atoms with van der Waals surface area (Å²) in [6, 6.07) is -0.651. The lowest BCUT2D eigenvalue weighted by Crippen LogP contribution is -2.57. The van der Waals surface area contributed by atoms with Crippen LogP contribution in [0.25, 0.3) is 0 Å². The fourth-order valence-electron chi connectivity index (χ4n) is 3.98. The Morgan fingerprint density at radius 1 is 1.23 bits per heavy atom. The molecule has 3 amide bonds. The molecule has 164 valence electrons. The number of fused-ring (bicyclic) bond motifs is 1. The lowest BCUT2D eigenvalue weighted by atomic mass is 9.81. The molecule has 30 heavy (non-hydrogen) atoms. The number of aromatic nitrogens is 1. The second-order valence-corrected chi connectivity index (χ2v) is 9.64. The Bertz CT molecular complexity index is 855. The number of primary amides is 1. The summed E-state index contributed by atoms with van der Waals surface area (Å²) in [5, 5.41) is 6.73. The lowest BCUT2D eigenvalue weighted by molar-refractivity contribution is -0.138. The zero-order valence-corrected chi connectivity index (χ0v) is 19.1. The van der Waals surface area contributed by atoms with Crippen LogP contribution in [0.3, 0.4) is 0 Å². The van der Waals surface area contributed by atoms with Crippen LogP contribution in [0.2, 0.25) is 0 Å². The van der Waals surface area contributed by atoms with E-state index < -0.39 is 11.8 Å². The van der Waals surface area contributed by atoms with Crippen LogP contribution in [0.15, 0.2) is 0 Å². The molecule has 4 N–H and O–H groups in total. The van der Waals surface area contributed by atoms with E-state index in [0.717, 1.165) is 30.2 Å². The maximum atomic E-state index is 12.5. The van der Waals surface area contributed by atoms with Gasteiger partial charge in [-0.2, -0.15) is 0 Å². The minimum Gasteiger partial charge on any atom is -0.369 e. The predicted molar refractivity (Wildman–Crippen MR) is 118 cm³/mol. The van der Waals surface area contributed by atoms with Gasteiger partial charge in [0.15, 0.2) is 5.01 Å². The maximum absolute atomic E-state index is 12.5. The Labute approximate surface area is 185 Å². The van der Waals surface area contributed by atoms with E-state index in [9.17, 15) is 14.4 Å². The highest BCUT2D eigenvalue weighted by Gasteiger charge is 2.36. The molecule has 1 aliphatic carbocycles. The zero-order valence-electron chi connectivity index (χ0n) is 17.4. The van der Waals surface area contributed by atoms with Crippen LogP contribution in [-0.4, -0.2) is 77.3 Å². The van der Waals surface area contributed by atoms with Crippen molar-refractivity contribution in [1.82, 2.24) is 25.4 Å². The van der Waals surface area contributed by atoms with Crippen LogP contribution < -0.4 is 16.4 Å². The first kappa shape index (κ1) is 22.6. The van der Waals surface area contributed by atoms with E-state index in [-0.39, 0.29) is 23.9 Å². The lowest BCUT2D eigenvalue weighted by Gasteiger charge is -2.37. The molecular formula is C19H28N6O3S2. The number of nitrogens with two attached hydrogens (primary N) is 1. The number of thiazole rings is 1. The Morgan fingerprint density at radius 3 is 2.63 bits per heavy atom. The van der Waals surface area contributed by atoms with Crippen LogP contribution in [-0.2, 0) is 27.3 Å². The highest BCUT2D eigenvalue weighted by molar-refractivity contribution is 7.81. The molecule has 3 rings (SSSR count). The van der Waals surface area contributed by atoms with E-state index in [1.54, 1.807) is 30.3 Å². The largest absolute Gasteiger partial charge is 0.369 e.